The van der Waals surface area contributed by atoms with Crippen LogP contribution in [0.15, 0.2) is 56.1 Å². The number of carbonyl (C=O) groups is 2. The van der Waals surface area contributed by atoms with Gasteiger partial charge in [0.25, 0.3) is 0 Å². The van der Waals surface area contributed by atoms with Crippen LogP contribution in [0, 0.1) is 0 Å². The average Bonchev–Trinajstić information content (AvgIpc) is 3.07. The van der Waals surface area contributed by atoms with Crippen molar-refractivity contribution in [3.8, 4) is 0 Å². The normalized spacial score (nSPS) is 10.5. The number of ether oxygens (including phenoxy) is 2. The fourth-order valence-corrected chi connectivity index (χ4v) is 2.08. The minimum atomic E-state index is -0.842. The van der Waals surface area contributed by atoms with E-state index in [4.69, 9.17) is 13.6 Å². The number of furan rings is 1. The highest BCUT2D eigenvalue weighted by molar-refractivity contribution is 5.92. The Labute approximate surface area is 135 Å². The van der Waals surface area contributed by atoms with Crippen LogP contribution in [-0.4, -0.2) is 19.0 Å². The molecule has 3 aromatic rings. The maximum Gasteiger partial charge on any atom is 0.373 e. The van der Waals surface area contributed by atoms with Gasteiger partial charge >= 0.3 is 17.6 Å². The van der Waals surface area contributed by atoms with Crippen LogP contribution in [0.25, 0.3) is 11.0 Å². The van der Waals surface area contributed by atoms with Crippen LogP contribution < -0.4 is 5.63 Å². The molecule has 0 amide bonds. The first-order valence-corrected chi connectivity index (χ1v) is 6.95. The first-order valence-electron chi connectivity index (χ1n) is 6.95. The zero-order valence-corrected chi connectivity index (χ0v) is 12.6. The van der Waals surface area contributed by atoms with Crippen molar-refractivity contribution in [1.82, 2.24) is 0 Å². The molecular formula is C17H12O7. The van der Waals surface area contributed by atoms with Crippen molar-refractivity contribution in [2.75, 3.05) is 7.11 Å². The van der Waals surface area contributed by atoms with Crippen molar-refractivity contribution in [3.05, 3.63) is 70.0 Å². The Hall–Kier alpha value is -3.35. The summed E-state index contributed by atoms with van der Waals surface area (Å²) in [5.74, 6) is -1.24. The molecule has 0 saturated heterocycles. The van der Waals surface area contributed by atoms with Crippen LogP contribution in [0.3, 0.4) is 0 Å². The largest absolute Gasteiger partial charge is 0.463 e. The highest BCUT2D eigenvalue weighted by Gasteiger charge is 2.17. The monoisotopic (exact) mass is 328 g/mol. The molecule has 0 bridgehead atoms. The molecule has 122 valence electrons. The third-order valence-electron chi connectivity index (χ3n) is 3.26. The summed E-state index contributed by atoms with van der Waals surface area (Å²) < 4.78 is 19.8. The van der Waals surface area contributed by atoms with Gasteiger partial charge < -0.3 is 18.3 Å². The molecule has 3 rings (SSSR count). The summed E-state index contributed by atoms with van der Waals surface area (Å²) in [6, 6.07) is 11.1. The molecular weight excluding hydrogens is 316 g/mol. The number of hydrogen-bond donors (Lipinski definition) is 0. The van der Waals surface area contributed by atoms with E-state index in [1.54, 1.807) is 24.3 Å². The molecule has 0 aliphatic heterocycles. The molecule has 24 heavy (non-hydrogen) atoms. The van der Waals surface area contributed by atoms with E-state index in [9.17, 15) is 14.4 Å². The van der Waals surface area contributed by atoms with Gasteiger partial charge in [-0.3, -0.25) is 0 Å². The van der Waals surface area contributed by atoms with Crippen molar-refractivity contribution < 1.29 is 27.9 Å². The number of rotatable bonds is 4. The summed E-state index contributed by atoms with van der Waals surface area (Å²) in [5.41, 5.74) is -0.616. The lowest BCUT2D eigenvalue weighted by Crippen LogP contribution is -2.16. The van der Waals surface area contributed by atoms with E-state index in [0.717, 1.165) is 0 Å². The first-order chi connectivity index (χ1) is 11.6. The zero-order valence-electron chi connectivity index (χ0n) is 12.6. The number of fused-ring (bicyclic) bond motifs is 1. The summed E-state index contributed by atoms with van der Waals surface area (Å²) in [7, 11) is 1.23. The lowest BCUT2D eigenvalue weighted by atomic mass is 10.2. The summed E-state index contributed by atoms with van der Waals surface area (Å²) in [4.78, 5) is 35.2. The van der Waals surface area contributed by atoms with Gasteiger partial charge in [0.05, 0.1) is 7.11 Å². The Kier molecular flexibility index (Phi) is 4.15. The van der Waals surface area contributed by atoms with Crippen LogP contribution in [0.5, 0.6) is 0 Å². The lowest BCUT2D eigenvalue weighted by Gasteiger charge is -2.03. The predicted octanol–water partition coefficient (Wildman–Crippen LogP) is 2.53. The van der Waals surface area contributed by atoms with Crippen molar-refractivity contribution in [2.24, 2.45) is 0 Å². The Balaban J connectivity index is 1.75. The van der Waals surface area contributed by atoms with Gasteiger partial charge in [0.2, 0.25) is 5.76 Å². The molecule has 0 N–H and O–H groups in total. The third-order valence-corrected chi connectivity index (χ3v) is 3.26. The van der Waals surface area contributed by atoms with Gasteiger partial charge in [-0.05, 0) is 24.3 Å². The fourth-order valence-electron chi connectivity index (χ4n) is 2.08. The second-order valence-corrected chi connectivity index (χ2v) is 4.82. The summed E-state index contributed by atoms with van der Waals surface area (Å²) in [6.07, 6.45) is 0. The summed E-state index contributed by atoms with van der Waals surface area (Å²) in [5, 5.41) is 0.607. The predicted molar refractivity (Wildman–Crippen MR) is 81.7 cm³/mol. The first kappa shape index (κ1) is 15.5. The smallest absolute Gasteiger partial charge is 0.373 e. The minimum absolute atomic E-state index is 0.00577. The average molecular weight is 328 g/mol. The van der Waals surface area contributed by atoms with E-state index in [-0.39, 0.29) is 23.7 Å². The van der Waals surface area contributed by atoms with Crippen LogP contribution in [0.2, 0.25) is 0 Å². The van der Waals surface area contributed by atoms with Gasteiger partial charge in [-0.15, -0.1) is 0 Å². The Morgan fingerprint density at radius 3 is 2.62 bits per heavy atom. The topological polar surface area (TPSA) is 96.0 Å². The van der Waals surface area contributed by atoms with Gasteiger partial charge in [-0.25, -0.2) is 14.4 Å². The number of benzene rings is 1. The molecule has 0 aliphatic carbocycles. The van der Waals surface area contributed by atoms with Crippen LogP contribution >= 0.6 is 0 Å². The number of hydrogen-bond acceptors (Lipinski definition) is 7. The van der Waals surface area contributed by atoms with Gasteiger partial charge in [0.15, 0.2) is 0 Å². The molecule has 0 saturated carbocycles. The van der Waals surface area contributed by atoms with Gasteiger partial charge in [0.1, 0.15) is 23.5 Å². The quantitative estimate of drug-likeness (QED) is 0.536. The molecule has 0 unspecified atom stereocenters. The number of para-hydroxylation sites is 1. The van der Waals surface area contributed by atoms with E-state index in [1.807, 2.05) is 0 Å². The summed E-state index contributed by atoms with van der Waals surface area (Å²) >= 11 is 0. The van der Waals surface area contributed by atoms with Crippen molar-refractivity contribution >= 4 is 22.9 Å². The van der Waals surface area contributed by atoms with Crippen LogP contribution in [0.1, 0.15) is 26.7 Å². The second kappa shape index (κ2) is 6.41. The van der Waals surface area contributed by atoms with Crippen LogP contribution in [-0.2, 0) is 16.1 Å². The Bertz CT molecular complexity index is 964. The van der Waals surface area contributed by atoms with E-state index in [2.05, 4.69) is 4.74 Å². The van der Waals surface area contributed by atoms with Crippen molar-refractivity contribution in [1.29, 1.82) is 0 Å². The molecule has 0 spiro atoms. The number of carbonyl (C=O) groups excluding carboxylic acids is 2. The molecule has 1 aromatic carbocycles. The molecule has 7 nitrogen and oxygen atoms in total. The molecule has 2 heterocycles. The molecule has 7 heteroatoms. The standard InChI is InChI=1S/C17H12O7/c1-21-17(20)14-7-6-11(23-14)9-22-15(18)12-8-10-4-2-3-5-13(10)24-16(12)19/h2-8H,9H2,1H3. The van der Waals surface area contributed by atoms with Gasteiger partial charge in [-0.2, -0.15) is 0 Å². The van der Waals surface area contributed by atoms with Gasteiger partial charge in [0, 0.05) is 5.39 Å². The highest BCUT2D eigenvalue weighted by Crippen LogP contribution is 2.14. The van der Waals surface area contributed by atoms with E-state index in [0.29, 0.717) is 11.0 Å². The van der Waals surface area contributed by atoms with E-state index < -0.39 is 17.6 Å². The third kappa shape index (κ3) is 3.05. The van der Waals surface area contributed by atoms with E-state index in [1.165, 1.54) is 25.3 Å². The molecule has 2 aromatic heterocycles. The Morgan fingerprint density at radius 2 is 1.83 bits per heavy atom. The van der Waals surface area contributed by atoms with Crippen molar-refractivity contribution in [3.63, 3.8) is 0 Å². The maximum absolute atomic E-state index is 12.1. The zero-order chi connectivity index (χ0) is 17.1. The van der Waals surface area contributed by atoms with Gasteiger partial charge in [-0.1, -0.05) is 18.2 Å². The van der Waals surface area contributed by atoms with E-state index >= 15 is 0 Å². The highest BCUT2D eigenvalue weighted by atomic mass is 16.6. The SMILES string of the molecule is COC(=O)c1ccc(COC(=O)c2cc3ccccc3oc2=O)o1. The minimum Gasteiger partial charge on any atom is -0.463 e. The Morgan fingerprint density at radius 1 is 1.04 bits per heavy atom. The number of esters is 2. The number of methoxy groups -OCH3 is 1. The molecule has 0 aliphatic rings. The summed E-state index contributed by atoms with van der Waals surface area (Å²) in [6.45, 7) is -0.234. The van der Waals surface area contributed by atoms with Crippen LogP contribution in [0.4, 0.5) is 0 Å². The second-order valence-electron chi connectivity index (χ2n) is 4.82. The lowest BCUT2D eigenvalue weighted by molar-refractivity contribution is 0.0434. The van der Waals surface area contributed by atoms with Crippen molar-refractivity contribution in [2.45, 2.75) is 6.61 Å². The molecule has 0 radical (unpaired) electrons. The maximum atomic E-state index is 12.1. The fraction of sp³-hybridized carbons (Fsp3) is 0.118. The molecule has 0 fully saturated rings. The molecule has 0 atom stereocenters.